The van der Waals surface area contributed by atoms with Crippen molar-refractivity contribution in [3.8, 4) is 0 Å². The molecule has 0 bridgehead atoms. The van der Waals surface area contributed by atoms with E-state index in [1.807, 2.05) is 36.8 Å². The zero-order chi connectivity index (χ0) is 16.1. The molecule has 1 aromatic heterocycles. The van der Waals surface area contributed by atoms with E-state index >= 15 is 0 Å². The second-order valence-corrected chi connectivity index (χ2v) is 6.13. The monoisotopic (exact) mass is 310 g/mol. The molecular weight excluding hydrogens is 288 g/mol. The van der Waals surface area contributed by atoms with Gasteiger partial charge in [-0.2, -0.15) is 0 Å². The molecule has 0 aliphatic heterocycles. The Labute approximate surface area is 136 Å². The average Bonchev–Trinajstić information content (AvgIpc) is 3.14. The number of imidazole rings is 1. The van der Waals surface area contributed by atoms with Gasteiger partial charge in [0.25, 0.3) is 5.91 Å². The topological polar surface area (TPSA) is 59.0 Å². The Kier molecular flexibility index (Phi) is 4.46. The number of anilines is 1. The maximum Gasteiger partial charge on any atom is 0.253 e. The molecule has 1 aromatic carbocycles. The van der Waals surface area contributed by atoms with Gasteiger partial charge in [-0.1, -0.05) is 18.2 Å². The van der Waals surface area contributed by atoms with Crippen LogP contribution in [0.5, 0.6) is 0 Å². The van der Waals surface area contributed by atoms with Crippen LogP contribution in [0.15, 0.2) is 55.6 Å². The van der Waals surface area contributed by atoms with Crippen LogP contribution in [-0.2, 0) is 6.54 Å². The van der Waals surface area contributed by atoms with E-state index in [9.17, 15) is 4.79 Å². The molecule has 1 aliphatic rings. The van der Waals surface area contributed by atoms with Crippen LogP contribution in [0.3, 0.4) is 0 Å². The summed E-state index contributed by atoms with van der Waals surface area (Å²) in [6.45, 7) is 5.93. The van der Waals surface area contributed by atoms with Gasteiger partial charge in [-0.3, -0.25) is 4.79 Å². The predicted molar refractivity (Wildman–Crippen MR) is 91.4 cm³/mol. The van der Waals surface area contributed by atoms with Gasteiger partial charge < -0.3 is 15.2 Å². The summed E-state index contributed by atoms with van der Waals surface area (Å²) in [5, 5.41) is 6.29. The highest BCUT2D eigenvalue weighted by atomic mass is 16.1. The number of nitrogens with one attached hydrogen (secondary N) is 2. The third-order valence-corrected chi connectivity index (χ3v) is 4.27. The molecule has 0 radical (unpaired) electrons. The molecule has 1 fully saturated rings. The van der Waals surface area contributed by atoms with Gasteiger partial charge in [0, 0.05) is 43.1 Å². The second kappa shape index (κ2) is 6.69. The lowest BCUT2D eigenvalue weighted by Crippen LogP contribution is -2.32. The summed E-state index contributed by atoms with van der Waals surface area (Å²) in [7, 11) is 0. The third kappa shape index (κ3) is 3.80. The fraction of sp³-hybridized carbons (Fsp3) is 0.333. The van der Waals surface area contributed by atoms with Crippen LogP contribution in [0, 0.1) is 5.41 Å². The van der Waals surface area contributed by atoms with Crippen molar-refractivity contribution in [2.24, 2.45) is 5.41 Å². The van der Waals surface area contributed by atoms with E-state index in [1.165, 1.54) is 0 Å². The molecule has 120 valence electrons. The maximum absolute atomic E-state index is 12.5. The van der Waals surface area contributed by atoms with Crippen LogP contribution in [0.1, 0.15) is 23.2 Å². The van der Waals surface area contributed by atoms with Crippen LogP contribution in [0.2, 0.25) is 0 Å². The second-order valence-electron chi connectivity index (χ2n) is 6.13. The molecule has 0 spiro atoms. The van der Waals surface area contributed by atoms with E-state index in [-0.39, 0.29) is 11.3 Å². The van der Waals surface area contributed by atoms with Gasteiger partial charge in [0.2, 0.25) is 0 Å². The number of para-hydroxylation sites is 1. The molecule has 1 aliphatic carbocycles. The molecule has 23 heavy (non-hydrogen) atoms. The van der Waals surface area contributed by atoms with Crippen LogP contribution in [0.25, 0.3) is 0 Å². The first kappa shape index (κ1) is 15.3. The molecule has 1 amide bonds. The zero-order valence-corrected chi connectivity index (χ0v) is 13.2. The zero-order valence-electron chi connectivity index (χ0n) is 13.2. The van der Waals surface area contributed by atoms with E-state index < -0.39 is 0 Å². The first-order valence-electron chi connectivity index (χ1n) is 7.90. The number of aromatic nitrogens is 2. The van der Waals surface area contributed by atoms with Crippen molar-refractivity contribution in [3.63, 3.8) is 0 Å². The highest BCUT2D eigenvalue weighted by molar-refractivity contribution is 5.99. The van der Waals surface area contributed by atoms with Crippen LogP contribution in [0.4, 0.5) is 5.69 Å². The lowest BCUT2D eigenvalue weighted by Gasteiger charge is -2.17. The molecule has 5 heteroatoms. The fourth-order valence-corrected chi connectivity index (χ4v) is 2.72. The van der Waals surface area contributed by atoms with Gasteiger partial charge >= 0.3 is 0 Å². The summed E-state index contributed by atoms with van der Waals surface area (Å²) < 4.78 is 2.08. The van der Waals surface area contributed by atoms with Crippen molar-refractivity contribution in [2.45, 2.75) is 19.4 Å². The molecule has 0 saturated heterocycles. The molecule has 1 saturated carbocycles. The summed E-state index contributed by atoms with van der Waals surface area (Å²) in [6, 6.07) is 7.56. The van der Waals surface area contributed by atoms with Gasteiger partial charge in [-0.25, -0.2) is 4.98 Å². The van der Waals surface area contributed by atoms with Gasteiger partial charge in [0.15, 0.2) is 0 Å². The third-order valence-electron chi connectivity index (χ3n) is 4.27. The van der Waals surface area contributed by atoms with E-state index in [2.05, 4.69) is 26.8 Å². The van der Waals surface area contributed by atoms with E-state index in [4.69, 9.17) is 0 Å². The molecule has 3 rings (SSSR count). The highest BCUT2D eigenvalue weighted by Gasteiger charge is 2.43. The Morgan fingerprint density at radius 1 is 1.39 bits per heavy atom. The lowest BCUT2D eigenvalue weighted by atomic mass is 10.1. The van der Waals surface area contributed by atoms with Crippen LogP contribution >= 0.6 is 0 Å². The molecule has 2 aromatic rings. The normalized spacial score (nSPS) is 15.0. The minimum Gasteiger partial charge on any atom is -0.381 e. The standard InChI is InChI=1S/C18H22N4O/c1-2-9-20-16-6-4-3-5-15(16)17(23)21-12-18(7-8-18)13-22-11-10-19-14-22/h2-6,10-11,14,20H,1,7-9,12-13H2,(H,21,23). The number of rotatable bonds is 8. The summed E-state index contributed by atoms with van der Waals surface area (Å²) in [6.07, 6.45) is 9.64. The number of amides is 1. The first-order valence-corrected chi connectivity index (χ1v) is 7.90. The van der Waals surface area contributed by atoms with Gasteiger partial charge in [-0.05, 0) is 25.0 Å². The van der Waals surface area contributed by atoms with Gasteiger partial charge in [-0.15, -0.1) is 6.58 Å². The largest absolute Gasteiger partial charge is 0.381 e. The predicted octanol–water partition coefficient (Wildman–Crippen LogP) is 2.69. The molecule has 0 atom stereocenters. The highest BCUT2D eigenvalue weighted by Crippen LogP contribution is 2.46. The lowest BCUT2D eigenvalue weighted by molar-refractivity contribution is 0.0943. The number of hydrogen-bond acceptors (Lipinski definition) is 3. The summed E-state index contributed by atoms with van der Waals surface area (Å²) in [5.74, 6) is -0.0333. The SMILES string of the molecule is C=CCNc1ccccc1C(=O)NCC1(Cn2ccnc2)CC1. The van der Waals surface area contributed by atoms with Gasteiger partial charge in [0.1, 0.15) is 0 Å². The van der Waals surface area contributed by atoms with Gasteiger partial charge in [0.05, 0.1) is 11.9 Å². The van der Waals surface area contributed by atoms with Crippen molar-refractivity contribution in [1.82, 2.24) is 14.9 Å². The summed E-state index contributed by atoms with van der Waals surface area (Å²) in [4.78, 5) is 16.6. The van der Waals surface area contributed by atoms with Crippen LogP contribution < -0.4 is 10.6 Å². The number of carbonyl (C=O) groups excluding carboxylic acids is 1. The Balaban J connectivity index is 1.60. The van der Waals surface area contributed by atoms with Crippen LogP contribution in [-0.4, -0.2) is 28.5 Å². The number of benzene rings is 1. The van der Waals surface area contributed by atoms with Crippen molar-refractivity contribution < 1.29 is 4.79 Å². The summed E-state index contributed by atoms with van der Waals surface area (Å²) in [5.41, 5.74) is 1.69. The Morgan fingerprint density at radius 3 is 2.91 bits per heavy atom. The fourth-order valence-electron chi connectivity index (χ4n) is 2.72. The Hall–Kier alpha value is -2.56. The molecule has 1 heterocycles. The number of carbonyl (C=O) groups is 1. The molecule has 2 N–H and O–H groups in total. The molecule has 0 unspecified atom stereocenters. The smallest absolute Gasteiger partial charge is 0.253 e. The summed E-state index contributed by atoms with van der Waals surface area (Å²) >= 11 is 0. The molecule has 5 nitrogen and oxygen atoms in total. The number of hydrogen-bond donors (Lipinski definition) is 2. The Bertz CT molecular complexity index is 674. The van der Waals surface area contributed by atoms with Crippen molar-refractivity contribution in [3.05, 3.63) is 61.2 Å². The van der Waals surface area contributed by atoms with E-state index in [0.29, 0.717) is 18.7 Å². The average molecular weight is 310 g/mol. The van der Waals surface area contributed by atoms with Crippen molar-refractivity contribution in [2.75, 3.05) is 18.4 Å². The minimum absolute atomic E-state index is 0.0333. The van der Waals surface area contributed by atoms with Crippen molar-refractivity contribution >= 4 is 11.6 Å². The Morgan fingerprint density at radius 2 is 2.22 bits per heavy atom. The first-order chi connectivity index (χ1) is 11.2. The number of nitrogens with zero attached hydrogens (tertiary/aromatic N) is 2. The van der Waals surface area contributed by atoms with Crippen molar-refractivity contribution in [1.29, 1.82) is 0 Å². The van der Waals surface area contributed by atoms with E-state index in [0.717, 1.165) is 25.1 Å². The maximum atomic E-state index is 12.5. The quantitative estimate of drug-likeness (QED) is 0.737. The van der Waals surface area contributed by atoms with E-state index in [1.54, 1.807) is 12.3 Å². The minimum atomic E-state index is -0.0333. The molecular formula is C18H22N4O.